The molecule has 0 saturated heterocycles. The maximum atomic E-state index is 4.97. The first kappa shape index (κ1) is 3.85. The van der Waals surface area contributed by atoms with Gasteiger partial charge in [0.25, 0.3) is 5.95 Å². The molecule has 1 aromatic rings. The lowest BCUT2D eigenvalue weighted by atomic mass is 11.1. The molecule has 0 aliphatic rings. The number of anilines is 1. The van der Waals surface area contributed by atoms with E-state index in [0.29, 0.717) is 0 Å². The van der Waals surface area contributed by atoms with Crippen LogP contribution in [0.5, 0.6) is 0 Å². The van der Waals surface area contributed by atoms with E-state index in [-0.39, 0.29) is 5.95 Å². The molecule has 0 amide bonds. The second-order valence-corrected chi connectivity index (χ2v) is 0.827. The van der Waals surface area contributed by atoms with E-state index in [1.165, 1.54) is 0 Å². The van der Waals surface area contributed by atoms with Gasteiger partial charge in [0, 0.05) is 0 Å². The van der Waals surface area contributed by atoms with E-state index in [1.54, 1.807) is 0 Å². The maximum Gasteiger partial charge on any atom is 0.263 e. The first-order valence-corrected chi connectivity index (χ1v) is 1.54. The summed E-state index contributed by atoms with van der Waals surface area (Å²) in [6, 6.07) is 0. The van der Waals surface area contributed by atoms with Crippen LogP contribution in [0.2, 0.25) is 0 Å². The van der Waals surface area contributed by atoms with Crippen LogP contribution in [0.15, 0.2) is 0 Å². The normalized spacial score (nSPS) is 8.57. The van der Waals surface area contributed by atoms with Crippen LogP contribution in [0.1, 0.15) is 0 Å². The third-order valence-electron chi connectivity index (χ3n) is 0.374. The van der Waals surface area contributed by atoms with E-state index < -0.39 is 0 Å². The predicted molar refractivity (Wildman–Crippen MR) is 19.8 cm³/mol. The number of aromatic nitrogens is 5. The van der Waals surface area contributed by atoms with Gasteiger partial charge in [-0.2, -0.15) is 0 Å². The highest BCUT2D eigenvalue weighted by Crippen LogP contribution is 1.70. The molecular weight excluding hydrogens is 96.1 g/mol. The molecule has 0 aliphatic carbocycles. The minimum Gasteiger partial charge on any atom is -0.365 e. The molecule has 1 heterocycles. The minimum atomic E-state index is 0.0370. The smallest absolute Gasteiger partial charge is 0.263 e. The average molecular weight is 98.1 g/mol. The topological polar surface area (TPSA) is 90.5 Å². The van der Waals surface area contributed by atoms with Gasteiger partial charge in [-0.15, -0.1) is 0 Å². The van der Waals surface area contributed by atoms with E-state index in [2.05, 4.69) is 25.8 Å². The fourth-order valence-corrected chi connectivity index (χ4v) is 0.170. The molecule has 1 rings (SSSR count). The molecule has 0 saturated carbocycles. The molecular formula is CH2N6. The number of nitrogens with zero attached hydrogens (tertiary/aromatic N) is 5. The molecule has 0 spiro atoms. The van der Waals surface area contributed by atoms with Crippen LogP contribution in [0, 0.1) is 0 Å². The molecule has 7 heavy (non-hydrogen) atoms. The Balaban J connectivity index is 3.02. The van der Waals surface area contributed by atoms with Crippen LogP contribution in [-0.2, 0) is 0 Å². The van der Waals surface area contributed by atoms with Gasteiger partial charge in [0.1, 0.15) is 0 Å². The Bertz CT molecular complexity index is 134. The molecule has 0 aromatic carbocycles. The largest absolute Gasteiger partial charge is 0.365 e. The summed E-state index contributed by atoms with van der Waals surface area (Å²) in [6.45, 7) is 0. The number of hydrogen-bond donors (Lipinski definition) is 1. The highest BCUT2D eigenvalue weighted by molar-refractivity contribution is 5.04. The minimum absolute atomic E-state index is 0.0370. The van der Waals surface area contributed by atoms with Crippen LogP contribution in [0.25, 0.3) is 0 Å². The van der Waals surface area contributed by atoms with E-state index in [1.807, 2.05) is 0 Å². The Hall–Kier alpha value is -1.33. The predicted octanol–water partition coefficient (Wildman–Crippen LogP) is -1.76. The molecule has 1 aromatic heterocycles. The van der Waals surface area contributed by atoms with Crippen LogP contribution in [-0.4, -0.2) is 25.8 Å². The Kier molecular flexibility index (Phi) is 0.777. The monoisotopic (exact) mass is 98.0 g/mol. The maximum absolute atomic E-state index is 4.97. The van der Waals surface area contributed by atoms with Crippen molar-refractivity contribution in [2.24, 2.45) is 0 Å². The van der Waals surface area contributed by atoms with Gasteiger partial charge >= 0.3 is 0 Å². The highest BCUT2D eigenvalue weighted by Gasteiger charge is 1.79. The van der Waals surface area contributed by atoms with Crippen molar-refractivity contribution in [3.05, 3.63) is 0 Å². The van der Waals surface area contributed by atoms with Crippen LogP contribution in [0.4, 0.5) is 5.95 Å². The van der Waals surface area contributed by atoms with Crippen molar-refractivity contribution in [1.82, 2.24) is 25.8 Å². The van der Waals surface area contributed by atoms with E-state index >= 15 is 0 Å². The Labute approximate surface area is 38.7 Å². The first-order chi connectivity index (χ1) is 3.39. The van der Waals surface area contributed by atoms with Crippen LogP contribution in [0.3, 0.4) is 0 Å². The van der Waals surface area contributed by atoms with Gasteiger partial charge in [-0.3, -0.25) is 0 Å². The van der Waals surface area contributed by atoms with Gasteiger partial charge in [0.15, 0.2) is 0 Å². The Morgan fingerprint density at radius 2 is 1.57 bits per heavy atom. The van der Waals surface area contributed by atoms with Crippen molar-refractivity contribution in [1.29, 1.82) is 0 Å². The van der Waals surface area contributed by atoms with Crippen molar-refractivity contribution in [3.8, 4) is 0 Å². The number of rotatable bonds is 0. The molecule has 0 aliphatic heterocycles. The van der Waals surface area contributed by atoms with Crippen molar-refractivity contribution in [2.45, 2.75) is 0 Å². The molecule has 0 radical (unpaired) electrons. The van der Waals surface area contributed by atoms with Gasteiger partial charge in [-0.05, 0) is 15.6 Å². The summed E-state index contributed by atoms with van der Waals surface area (Å²) >= 11 is 0. The summed E-state index contributed by atoms with van der Waals surface area (Å²) in [4.78, 5) is 0. The number of hydrogen-bond acceptors (Lipinski definition) is 6. The van der Waals surface area contributed by atoms with E-state index in [9.17, 15) is 0 Å². The molecule has 0 bridgehead atoms. The SMILES string of the molecule is Nc1nnnnn1. The Morgan fingerprint density at radius 3 is 1.86 bits per heavy atom. The molecule has 36 valence electrons. The average Bonchev–Trinajstić information content (AvgIpc) is 1.69. The fourth-order valence-electron chi connectivity index (χ4n) is 0.170. The standard InChI is InChI=1S/CH2N6/c2-1-3-5-7-6-4-1/h(H2,2,3,4,7). The van der Waals surface area contributed by atoms with Gasteiger partial charge < -0.3 is 5.73 Å². The Morgan fingerprint density at radius 1 is 1.00 bits per heavy atom. The molecule has 6 nitrogen and oxygen atoms in total. The summed E-state index contributed by atoms with van der Waals surface area (Å²) < 4.78 is 0. The lowest BCUT2D eigenvalue weighted by Crippen LogP contribution is -2.00. The van der Waals surface area contributed by atoms with E-state index in [0.717, 1.165) is 0 Å². The van der Waals surface area contributed by atoms with Crippen LogP contribution >= 0.6 is 0 Å². The molecule has 6 heteroatoms. The second-order valence-electron chi connectivity index (χ2n) is 0.827. The zero-order chi connectivity index (χ0) is 5.11. The first-order valence-electron chi connectivity index (χ1n) is 1.54. The van der Waals surface area contributed by atoms with Crippen molar-refractivity contribution in [3.63, 3.8) is 0 Å². The third-order valence-corrected chi connectivity index (χ3v) is 0.374. The zero-order valence-corrected chi connectivity index (χ0v) is 3.31. The second kappa shape index (κ2) is 1.41. The quantitative estimate of drug-likeness (QED) is 0.413. The lowest BCUT2D eigenvalue weighted by molar-refractivity contribution is 0.690. The van der Waals surface area contributed by atoms with Crippen molar-refractivity contribution in [2.75, 3.05) is 5.73 Å². The lowest BCUT2D eigenvalue weighted by Gasteiger charge is -1.77. The van der Waals surface area contributed by atoms with E-state index in [4.69, 9.17) is 5.73 Å². The number of nitrogens with two attached hydrogens (primary N) is 1. The van der Waals surface area contributed by atoms with Gasteiger partial charge in [0.05, 0.1) is 0 Å². The van der Waals surface area contributed by atoms with Gasteiger partial charge in [-0.25, -0.2) is 0 Å². The van der Waals surface area contributed by atoms with Crippen molar-refractivity contribution < 1.29 is 0 Å². The molecule has 0 unspecified atom stereocenters. The fraction of sp³-hybridized carbons (Fsp3) is 0. The van der Waals surface area contributed by atoms with Gasteiger partial charge in [0.2, 0.25) is 0 Å². The van der Waals surface area contributed by atoms with Crippen molar-refractivity contribution >= 4 is 5.95 Å². The van der Waals surface area contributed by atoms with Gasteiger partial charge in [-0.1, -0.05) is 10.2 Å². The molecule has 0 fully saturated rings. The summed E-state index contributed by atoms with van der Waals surface area (Å²) in [5.74, 6) is 0.0370. The number of nitrogen functional groups attached to an aromatic ring is 1. The summed E-state index contributed by atoms with van der Waals surface area (Å²) in [6.07, 6.45) is 0. The molecule has 0 atom stereocenters. The summed E-state index contributed by atoms with van der Waals surface area (Å²) in [5, 5.41) is 15.7. The third kappa shape index (κ3) is 0.748. The summed E-state index contributed by atoms with van der Waals surface area (Å²) in [5.41, 5.74) is 4.97. The summed E-state index contributed by atoms with van der Waals surface area (Å²) in [7, 11) is 0. The zero-order valence-electron chi connectivity index (χ0n) is 3.31. The molecule has 2 N–H and O–H groups in total. The highest BCUT2D eigenvalue weighted by atomic mass is 15.5. The van der Waals surface area contributed by atoms with Crippen LogP contribution < -0.4 is 5.73 Å².